The first-order chi connectivity index (χ1) is 11.5. The number of nitrogens with one attached hydrogen (secondary N) is 1. The number of rotatable bonds is 4. The molecular weight excluding hydrogens is 328 g/mol. The van der Waals surface area contributed by atoms with Crippen molar-refractivity contribution in [3.8, 4) is 11.3 Å². The molecule has 1 fully saturated rings. The van der Waals surface area contributed by atoms with Crippen LogP contribution < -0.4 is 5.32 Å². The van der Waals surface area contributed by atoms with Crippen LogP contribution in [0.15, 0.2) is 34.9 Å². The molecule has 1 aliphatic heterocycles. The lowest BCUT2D eigenvalue weighted by molar-refractivity contribution is -0.144. The molecule has 0 spiro atoms. The number of aromatic nitrogens is 1. The molecule has 3 rings (SSSR count). The molecule has 126 valence electrons. The maximum atomic E-state index is 12.4. The van der Waals surface area contributed by atoms with Crippen LogP contribution in [0.5, 0.6) is 0 Å². The van der Waals surface area contributed by atoms with Gasteiger partial charge in [-0.15, -0.1) is 0 Å². The third kappa shape index (κ3) is 3.31. The number of aliphatic carboxylic acids is 1. The Hall–Kier alpha value is -2.28. The van der Waals surface area contributed by atoms with E-state index in [2.05, 4.69) is 10.5 Å². The van der Waals surface area contributed by atoms with Crippen LogP contribution >= 0.6 is 11.8 Å². The van der Waals surface area contributed by atoms with Crippen molar-refractivity contribution in [1.29, 1.82) is 0 Å². The molecule has 1 aliphatic rings. The molecule has 2 N–H and O–H groups in total. The van der Waals surface area contributed by atoms with E-state index in [1.807, 2.05) is 31.2 Å². The molecule has 0 saturated carbocycles. The summed E-state index contributed by atoms with van der Waals surface area (Å²) in [6.07, 6.45) is 0.801. The van der Waals surface area contributed by atoms with Crippen LogP contribution in [0.1, 0.15) is 29.0 Å². The summed E-state index contributed by atoms with van der Waals surface area (Å²) in [6.45, 7) is 1.99. The summed E-state index contributed by atoms with van der Waals surface area (Å²) in [5.41, 5.74) is 1.28. The number of carbonyl (C=O) groups is 2. The van der Waals surface area contributed by atoms with E-state index < -0.39 is 17.4 Å². The largest absolute Gasteiger partial charge is 0.480 e. The van der Waals surface area contributed by atoms with Gasteiger partial charge in [0.2, 0.25) is 5.76 Å². The number of hydrogen-bond donors (Lipinski definition) is 2. The van der Waals surface area contributed by atoms with Crippen molar-refractivity contribution in [3.05, 3.63) is 41.7 Å². The number of thioether (sulfide) groups is 1. The molecule has 0 aliphatic carbocycles. The Bertz CT molecular complexity index is 748. The van der Waals surface area contributed by atoms with E-state index in [1.54, 1.807) is 11.8 Å². The number of carboxylic acid groups (broad SMARTS) is 1. The zero-order chi connectivity index (χ0) is 17.2. The Labute approximate surface area is 143 Å². The number of amides is 1. The molecule has 2 heterocycles. The predicted molar refractivity (Wildman–Crippen MR) is 91.1 cm³/mol. The molecule has 7 heteroatoms. The standard InChI is InChI=1S/C17H18N2O4S/c1-11-2-4-12(5-3-11)13-10-14(23-19-13)15(20)18-17(16(21)22)6-8-24-9-7-17/h2-5,10H,6-9H2,1H3,(H,18,20)(H,21,22). The quantitative estimate of drug-likeness (QED) is 0.884. The Morgan fingerprint density at radius 1 is 1.25 bits per heavy atom. The topological polar surface area (TPSA) is 92.4 Å². The molecule has 24 heavy (non-hydrogen) atoms. The molecule has 0 radical (unpaired) electrons. The Morgan fingerprint density at radius 3 is 2.54 bits per heavy atom. The second-order valence-electron chi connectivity index (χ2n) is 5.90. The van der Waals surface area contributed by atoms with Crippen LogP contribution in [0.4, 0.5) is 0 Å². The summed E-state index contributed by atoms with van der Waals surface area (Å²) >= 11 is 1.69. The summed E-state index contributed by atoms with van der Waals surface area (Å²) in [5.74, 6) is -0.121. The molecule has 0 bridgehead atoms. The fourth-order valence-electron chi connectivity index (χ4n) is 2.63. The average molecular weight is 346 g/mol. The summed E-state index contributed by atoms with van der Waals surface area (Å²) < 4.78 is 5.12. The lowest BCUT2D eigenvalue weighted by Crippen LogP contribution is -2.56. The maximum absolute atomic E-state index is 12.4. The van der Waals surface area contributed by atoms with E-state index in [-0.39, 0.29) is 5.76 Å². The Balaban J connectivity index is 1.78. The fraction of sp³-hybridized carbons (Fsp3) is 0.353. The minimum absolute atomic E-state index is 0.0180. The lowest BCUT2D eigenvalue weighted by atomic mass is 9.92. The van der Waals surface area contributed by atoms with Gasteiger partial charge in [-0.2, -0.15) is 11.8 Å². The molecule has 0 atom stereocenters. The fourth-order valence-corrected chi connectivity index (χ4v) is 3.82. The number of carboxylic acids is 1. The number of benzene rings is 1. The molecule has 1 amide bonds. The molecule has 1 aromatic heterocycles. The second-order valence-corrected chi connectivity index (χ2v) is 7.12. The molecule has 1 aromatic carbocycles. The minimum atomic E-state index is -1.22. The van der Waals surface area contributed by atoms with Crippen LogP contribution in [0, 0.1) is 6.92 Å². The Kier molecular flexibility index (Phi) is 4.62. The third-order valence-corrected chi connectivity index (χ3v) is 5.18. The van der Waals surface area contributed by atoms with Crippen LogP contribution in [0.25, 0.3) is 11.3 Å². The highest BCUT2D eigenvalue weighted by Crippen LogP contribution is 2.28. The normalized spacial score (nSPS) is 16.5. The van der Waals surface area contributed by atoms with Crippen LogP contribution in [0.3, 0.4) is 0 Å². The first-order valence-corrected chi connectivity index (χ1v) is 8.83. The van der Waals surface area contributed by atoms with Gasteiger partial charge >= 0.3 is 5.97 Å². The SMILES string of the molecule is Cc1ccc(-c2cc(C(=O)NC3(C(=O)O)CCSCC3)on2)cc1. The van der Waals surface area contributed by atoms with Gasteiger partial charge in [-0.3, -0.25) is 4.79 Å². The van der Waals surface area contributed by atoms with E-state index in [0.717, 1.165) is 11.1 Å². The van der Waals surface area contributed by atoms with Gasteiger partial charge in [0.1, 0.15) is 11.2 Å². The van der Waals surface area contributed by atoms with Crippen molar-refractivity contribution in [2.75, 3.05) is 11.5 Å². The van der Waals surface area contributed by atoms with E-state index in [9.17, 15) is 14.7 Å². The summed E-state index contributed by atoms with van der Waals surface area (Å²) in [6, 6.07) is 9.22. The van der Waals surface area contributed by atoms with Crippen LogP contribution in [-0.2, 0) is 4.79 Å². The molecule has 0 unspecified atom stereocenters. The number of hydrogen-bond acceptors (Lipinski definition) is 5. The van der Waals surface area contributed by atoms with Crippen LogP contribution in [-0.4, -0.2) is 39.2 Å². The minimum Gasteiger partial charge on any atom is -0.480 e. The molecular formula is C17H18N2O4S. The van der Waals surface area contributed by atoms with Crippen molar-refractivity contribution in [1.82, 2.24) is 10.5 Å². The van der Waals surface area contributed by atoms with Gasteiger partial charge in [0.05, 0.1) is 0 Å². The predicted octanol–water partition coefficient (Wildman–Crippen LogP) is 2.73. The van der Waals surface area contributed by atoms with E-state index in [1.165, 1.54) is 6.07 Å². The van der Waals surface area contributed by atoms with Gasteiger partial charge in [0.25, 0.3) is 5.91 Å². The average Bonchev–Trinajstić information content (AvgIpc) is 3.06. The van der Waals surface area contributed by atoms with E-state index in [4.69, 9.17) is 4.52 Å². The zero-order valence-electron chi connectivity index (χ0n) is 13.2. The van der Waals surface area contributed by atoms with Gasteiger partial charge in [-0.25, -0.2) is 4.79 Å². The van der Waals surface area contributed by atoms with Crippen LogP contribution in [0.2, 0.25) is 0 Å². The van der Waals surface area contributed by atoms with E-state index in [0.29, 0.717) is 30.0 Å². The van der Waals surface area contributed by atoms with Crippen molar-refractivity contribution < 1.29 is 19.2 Å². The lowest BCUT2D eigenvalue weighted by Gasteiger charge is -2.33. The zero-order valence-corrected chi connectivity index (χ0v) is 14.1. The van der Waals surface area contributed by atoms with Crippen molar-refractivity contribution in [2.45, 2.75) is 25.3 Å². The summed E-state index contributed by atoms with van der Waals surface area (Å²) in [5, 5.41) is 16.1. The monoisotopic (exact) mass is 346 g/mol. The van der Waals surface area contributed by atoms with E-state index >= 15 is 0 Å². The van der Waals surface area contributed by atoms with Crippen molar-refractivity contribution in [2.24, 2.45) is 0 Å². The van der Waals surface area contributed by atoms with Gasteiger partial charge in [-0.1, -0.05) is 35.0 Å². The van der Waals surface area contributed by atoms with Gasteiger partial charge < -0.3 is 14.9 Å². The molecule has 1 saturated heterocycles. The second kappa shape index (κ2) is 6.68. The highest BCUT2D eigenvalue weighted by atomic mass is 32.2. The van der Waals surface area contributed by atoms with Gasteiger partial charge in [0, 0.05) is 11.6 Å². The first-order valence-electron chi connectivity index (χ1n) is 7.68. The van der Waals surface area contributed by atoms with Gasteiger partial charge in [0.15, 0.2) is 0 Å². The highest BCUT2D eigenvalue weighted by molar-refractivity contribution is 7.99. The first kappa shape index (κ1) is 16.6. The molecule has 6 nitrogen and oxygen atoms in total. The van der Waals surface area contributed by atoms with Gasteiger partial charge in [-0.05, 0) is 31.3 Å². The number of nitrogens with zero attached hydrogens (tertiary/aromatic N) is 1. The maximum Gasteiger partial charge on any atom is 0.329 e. The Morgan fingerprint density at radius 2 is 1.92 bits per heavy atom. The van der Waals surface area contributed by atoms with Crippen molar-refractivity contribution >= 4 is 23.6 Å². The smallest absolute Gasteiger partial charge is 0.329 e. The highest BCUT2D eigenvalue weighted by Gasteiger charge is 2.42. The number of aryl methyl sites for hydroxylation is 1. The summed E-state index contributed by atoms with van der Waals surface area (Å²) in [7, 11) is 0. The molecule has 2 aromatic rings. The third-order valence-electron chi connectivity index (χ3n) is 4.19. The number of carbonyl (C=O) groups excluding carboxylic acids is 1. The van der Waals surface area contributed by atoms with Crippen molar-refractivity contribution in [3.63, 3.8) is 0 Å². The summed E-state index contributed by atoms with van der Waals surface area (Å²) in [4.78, 5) is 24.0.